The van der Waals surface area contributed by atoms with Crippen molar-refractivity contribution in [3.63, 3.8) is 0 Å². The van der Waals surface area contributed by atoms with Crippen LogP contribution in [0, 0.1) is 6.92 Å². The molecule has 3 nitrogen and oxygen atoms in total. The minimum absolute atomic E-state index is 0.588. The topological polar surface area (TPSA) is 34.9 Å². The lowest BCUT2D eigenvalue weighted by Crippen LogP contribution is -1.90. The fourth-order valence-corrected chi connectivity index (χ4v) is 1.87. The lowest BCUT2D eigenvalue weighted by molar-refractivity contribution is -0.107. The Bertz CT molecular complexity index is 500. The number of aryl methyl sites for hydroxylation is 3. The molecule has 0 saturated heterocycles. The summed E-state index contributed by atoms with van der Waals surface area (Å²) in [4.78, 5) is 10.3. The van der Waals surface area contributed by atoms with Gasteiger partial charge in [0.05, 0.1) is 11.2 Å². The molecule has 3 heteroatoms. The first kappa shape index (κ1) is 9.90. The van der Waals surface area contributed by atoms with Crippen molar-refractivity contribution in [2.75, 3.05) is 0 Å². The van der Waals surface area contributed by atoms with Gasteiger partial charge in [0.25, 0.3) is 0 Å². The van der Waals surface area contributed by atoms with Gasteiger partial charge in [-0.25, -0.2) is 0 Å². The number of aldehydes is 1. The predicted molar refractivity (Wildman–Crippen MR) is 59.8 cm³/mol. The summed E-state index contributed by atoms with van der Waals surface area (Å²) in [6, 6.07) is 6.25. The summed E-state index contributed by atoms with van der Waals surface area (Å²) < 4.78 is 1.88. The van der Waals surface area contributed by atoms with Crippen molar-refractivity contribution in [1.82, 2.24) is 9.78 Å². The van der Waals surface area contributed by atoms with Gasteiger partial charge in [0.2, 0.25) is 0 Å². The molecule has 15 heavy (non-hydrogen) atoms. The molecule has 0 atom stereocenters. The van der Waals surface area contributed by atoms with Crippen molar-refractivity contribution in [1.29, 1.82) is 0 Å². The summed E-state index contributed by atoms with van der Waals surface area (Å²) in [6.07, 6.45) is 2.36. The molecule has 0 aliphatic rings. The largest absolute Gasteiger partial charge is 0.303 e. The minimum atomic E-state index is 0.588. The lowest BCUT2D eigenvalue weighted by Gasteiger charge is -1.99. The number of rotatable bonds is 3. The van der Waals surface area contributed by atoms with Gasteiger partial charge in [-0.2, -0.15) is 5.10 Å². The predicted octanol–water partition coefficient (Wildman–Crippen LogP) is 2.01. The van der Waals surface area contributed by atoms with Gasteiger partial charge >= 0.3 is 0 Å². The van der Waals surface area contributed by atoms with Crippen LogP contribution >= 0.6 is 0 Å². The number of fused-ring (bicyclic) bond motifs is 1. The Labute approximate surface area is 88.7 Å². The molecular formula is C12H14N2O. The summed E-state index contributed by atoms with van der Waals surface area (Å²) in [7, 11) is 1.94. The van der Waals surface area contributed by atoms with Crippen molar-refractivity contribution in [2.24, 2.45) is 7.05 Å². The van der Waals surface area contributed by atoms with Gasteiger partial charge in [0.1, 0.15) is 6.29 Å². The second kappa shape index (κ2) is 3.85. The lowest BCUT2D eigenvalue weighted by atomic mass is 10.1. The number of carbonyl (C=O) groups is 1. The number of nitrogens with zero attached hydrogens (tertiary/aromatic N) is 2. The van der Waals surface area contributed by atoms with Crippen LogP contribution in [0.2, 0.25) is 0 Å². The molecule has 0 spiro atoms. The third-order valence-corrected chi connectivity index (χ3v) is 2.65. The Hall–Kier alpha value is -1.64. The molecule has 0 N–H and O–H groups in total. The van der Waals surface area contributed by atoms with Gasteiger partial charge in [-0.3, -0.25) is 4.68 Å². The van der Waals surface area contributed by atoms with E-state index in [0.29, 0.717) is 6.42 Å². The zero-order chi connectivity index (χ0) is 10.8. The van der Waals surface area contributed by atoms with Crippen molar-refractivity contribution in [2.45, 2.75) is 19.8 Å². The standard InChI is InChI=1S/C12H14N2O/c1-9-11-8-10(4-3-7-15)5-6-12(11)14(2)13-9/h5-8H,3-4H2,1-2H3. The van der Waals surface area contributed by atoms with E-state index in [1.165, 1.54) is 10.9 Å². The molecule has 0 unspecified atom stereocenters. The Morgan fingerprint density at radius 1 is 1.47 bits per heavy atom. The van der Waals surface area contributed by atoms with Gasteiger partial charge in [0, 0.05) is 18.9 Å². The molecule has 78 valence electrons. The highest BCUT2D eigenvalue weighted by Gasteiger charge is 2.04. The normalized spacial score (nSPS) is 10.8. The van der Waals surface area contributed by atoms with Gasteiger partial charge < -0.3 is 4.79 Å². The van der Waals surface area contributed by atoms with E-state index in [-0.39, 0.29) is 0 Å². The van der Waals surface area contributed by atoms with Crippen LogP contribution in [0.15, 0.2) is 18.2 Å². The first-order chi connectivity index (χ1) is 7.22. The van der Waals surface area contributed by atoms with E-state index in [2.05, 4.69) is 23.3 Å². The molecule has 0 fully saturated rings. The summed E-state index contributed by atoms with van der Waals surface area (Å²) in [5, 5.41) is 5.54. The van der Waals surface area contributed by atoms with Crippen molar-refractivity contribution in [3.05, 3.63) is 29.5 Å². The monoisotopic (exact) mass is 202 g/mol. The summed E-state index contributed by atoms with van der Waals surface area (Å²) >= 11 is 0. The van der Waals surface area contributed by atoms with E-state index >= 15 is 0 Å². The average Bonchev–Trinajstić information content (AvgIpc) is 2.52. The van der Waals surface area contributed by atoms with Crippen LogP contribution in [-0.4, -0.2) is 16.1 Å². The second-order valence-electron chi connectivity index (χ2n) is 3.77. The molecule has 0 aliphatic heterocycles. The van der Waals surface area contributed by atoms with Gasteiger partial charge in [-0.05, 0) is 31.0 Å². The molecule has 1 heterocycles. The van der Waals surface area contributed by atoms with E-state index in [0.717, 1.165) is 23.9 Å². The van der Waals surface area contributed by atoms with E-state index in [1.807, 2.05) is 18.7 Å². The van der Waals surface area contributed by atoms with Crippen molar-refractivity contribution in [3.8, 4) is 0 Å². The molecule has 0 bridgehead atoms. The van der Waals surface area contributed by atoms with Crippen LogP contribution in [0.4, 0.5) is 0 Å². The van der Waals surface area contributed by atoms with Crippen LogP contribution in [-0.2, 0) is 18.3 Å². The zero-order valence-electron chi connectivity index (χ0n) is 9.03. The number of aromatic nitrogens is 2. The number of hydrogen-bond donors (Lipinski definition) is 0. The number of benzene rings is 1. The highest BCUT2D eigenvalue weighted by Crippen LogP contribution is 2.19. The summed E-state index contributed by atoms with van der Waals surface area (Å²) in [5.74, 6) is 0. The molecule has 2 rings (SSSR count). The molecule has 0 radical (unpaired) electrons. The van der Waals surface area contributed by atoms with Crippen LogP contribution in [0.5, 0.6) is 0 Å². The van der Waals surface area contributed by atoms with E-state index in [4.69, 9.17) is 0 Å². The van der Waals surface area contributed by atoms with Gasteiger partial charge in [-0.15, -0.1) is 0 Å². The minimum Gasteiger partial charge on any atom is -0.303 e. The highest BCUT2D eigenvalue weighted by molar-refractivity contribution is 5.82. The summed E-state index contributed by atoms with van der Waals surface area (Å²) in [5.41, 5.74) is 3.38. The highest BCUT2D eigenvalue weighted by atomic mass is 16.1. The second-order valence-corrected chi connectivity index (χ2v) is 3.77. The molecular weight excluding hydrogens is 188 g/mol. The van der Waals surface area contributed by atoms with Gasteiger partial charge in [0.15, 0.2) is 0 Å². The maximum absolute atomic E-state index is 10.3. The Morgan fingerprint density at radius 3 is 3.00 bits per heavy atom. The Kier molecular flexibility index (Phi) is 2.54. The van der Waals surface area contributed by atoms with Crippen LogP contribution in [0.3, 0.4) is 0 Å². The van der Waals surface area contributed by atoms with Crippen molar-refractivity contribution >= 4 is 17.2 Å². The molecule has 0 saturated carbocycles. The SMILES string of the molecule is Cc1nn(C)c2ccc(CCC=O)cc12. The maximum atomic E-state index is 10.3. The van der Waals surface area contributed by atoms with Crippen LogP contribution in [0.1, 0.15) is 17.7 Å². The molecule has 1 aromatic carbocycles. The Balaban J connectivity index is 2.45. The van der Waals surface area contributed by atoms with E-state index in [9.17, 15) is 4.79 Å². The van der Waals surface area contributed by atoms with E-state index < -0.39 is 0 Å². The van der Waals surface area contributed by atoms with Crippen LogP contribution < -0.4 is 0 Å². The maximum Gasteiger partial charge on any atom is 0.120 e. The summed E-state index contributed by atoms with van der Waals surface area (Å²) in [6.45, 7) is 2.01. The smallest absolute Gasteiger partial charge is 0.120 e. The van der Waals surface area contributed by atoms with Gasteiger partial charge in [-0.1, -0.05) is 6.07 Å². The first-order valence-corrected chi connectivity index (χ1v) is 5.08. The number of hydrogen-bond acceptors (Lipinski definition) is 2. The molecule has 0 amide bonds. The number of carbonyl (C=O) groups excluding carboxylic acids is 1. The fraction of sp³-hybridized carbons (Fsp3) is 0.333. The van der Waals surface area contributed by atoms with E-state index in [1.54, 1.807) is 0 Å². The molecule has 0 aliphatic carbocycles. The third-order valence-electron chi connectivity index (χ3n) is 2.65. The third kappa shape index (κ3) is 1.77. The quantitative estimate of drug-likeness (QED) is 0.714. The molecule has 2 aromatic rings. The van der Waals surface area contributed by atoms with Crippen molar-refractivity contribution < 1.29 is 4.79 Å². The fourth-order valence-electron chi connectivity index (χ4n) is 1.87. The van der Waals surface area contributed by atoms with Crippen LogP contribution in [0.25, 0.3) is 10.9 Å². The Morgan fingerprint density at radius 2 is 2.27 bits per heavy atom. The zero-order valence-corrected chi connectivity index (χ0v) is 9.03. The first-order valence-electron chi connectivity index (χ1n) is 5.08. The average molecular weight is 202 g/mol. The molecule has 1 aromatic heterocycles.